The van der Waals surface area contributed by atoms with Gasteiger partial charge in [-0.2, -0.15) is 0 Å². The van der Waals surface area contributed by atoms with Gasteiger partial charge in [0.05, 0.1) is 0 Å². The first-order valence-electron chi connectivity index (χ1n) is 8.36. The van der Waals surface area contributed by atoms with Crippen LogP contribution < -0.4 is 0 Å². The monoisotopic (exact) mass is 306 g/mol. The Bertz CT molecular complexity index is 704. The van der Waals surface area contributed by atoms with Crippen LogP contribution in [-0.4, -0.2) is 5.78 Å². The summed E-state index contributed by atoms with van der Waals surface area (Å²) in [4.78, 5) is 13.0. The zero-order valence-electron chi connectivity index (χ0n) is 15.0. The fourth-order valence-corrected chi connectivity index (χ4v) is 5.05. The van der Waals surface area contributed by atoms with Crippen molar-refractivity contribution in [2.45, 2.75) is 47.0 Å². The van der Waals surface area contributed by atoms with Crippen LogP contribution in [0.4, 0.5) is 0 Å². The third-order valence-electron chi connectivity index (χ3n) is 5.40. The molecule has 1 nitrogen and oxygen atoms in total. The molecule has 1 aliphatic rings. The van der Waals surface area contributed by atoms with Crippen molar-refractivity contribution in [3.63, 3.8) is 0 Å². The molecule has 0 aromatic heterocycles. The minimum Gasteiger partial charge on any atom is -0.289 e. The molecule has 0 radical (unpaired) electrons. The Morgan fingerprint density at radius 1 is 0.652 bits per heavy atom. The molecule has 23 heavy (non-hydrogen) atoms. The summed E-state index contributed by atoms with van der Waals surface area (Å²) in [5, 5.41) is 0. The van der Waals surface area contributed by atoms with Crippen molar-refractivity contribution in [3.05, 3.63) is 70.8 Å². The fraction of sp³-hybridized carbons (Fsp3) is 0.409. The van der Waals surface area contributed by atoms with E-state index in [4.69, 9.17) is 0 Å². The van der Waals surface area contributed by atoms with Crippen LogP contribution in [0.25, 0.3) is 0 Å². The topological polar surface area (TPSA) is 17.1 Å². The van der Waals surface area contributed by atoms with Gasteiger partial charge in [-0.15, -0.1) is 0 Å². The van der Waals surface area contributed by atoms with E-state index in [1.165, 1.54) is 11.1 Å². The third-order valence-corrected chi connectivity index (χ3v) is 5.40. The van der Waals surface area contributed by atoms with Gasteiger partial charge in [0.15, 0.2) is 5.78 Å². The molecule has 0 aliphatic heterocycles. The first-order valence-corrected chi connectivity index (χ1v) is 8.36. The molecule has 0 unspecified atom stereocenters. The Morgan fingerprint density at radius 3 is 1.35 bits per heavy atom. The second kappa shape index (κ2) is 4.80. The summed E-state index contributed by atoms with van der Waals surface area (Å²) in [6, 6.07) is 16.3. The average Bonchev–Trinajstić information content (AvgIpc) is 2.45. The molecule has 0 saturated carbocycles. The van der Waals surface area contributed by atoms with Gasteiger partial charge < -0.3 is 0 Å². The number of hydrogen-bond acceptors (Lipinski definition) is 1. The molecule has 3 rings (SSSR count). The van der Waals surface area contributed by atoms with Crippen molar-refractivity contribution in [2.75, 3.05) is 0 Å². The van der Waals surface area contributed by atoms with Crippen LogP contribution in [0, 0.1) is 10.8 Å². The number of carbonyl (C=O) groups is 1. The van der Waals surface area contributed by atoms with E-state index in [9.17, 15) is 4.79 Å². The Labute approximate surface area is 139 Å². The molecular formula is C22H26O. The van der Waals surface area contributed by atoms with Gasteiger partial charge in [-0.3, -0.25) is 4.79 Å². The summed E-state index contributed by atoms with van der Waals surface area (Å²) in [6.45, 7) is 13.8. The van der Waals surface area contributed by atoms with E-state index in [-0.39, 0.29) is 22.0 Å². The quantitative estimate of drug-likeness (QED) is 0.618. The maximum atomic E-state index is 13.0. The second-order valence-corrected chi connectivity index (χ2v) is 8.67. The van der Waals surface area contributed by atoms with E-state index in [1.807, 2.05) is 24.3 Å². The highest BCUT2D eigenvalue weighted by molar-refractivity contribution is 6.13. The highest BCUT2D eigenvalue weighted by Crippen LogP contribution is 2.60. The van der Waals surface area contributed by atoms with Crippen LogP contribution in [0.2, 0.25) is 0 Å². The summed E-state index contributed by atoms with van der Waals surface area (Å²) in [5.41, 5.74) is 3.77. The van der Waals surface area contributed by atoms with E-state index < -0.39 is 0 Å². The SMILES string of the molecule is CC(C)(C)C1(C(C)(C)C)c2ccccc2C(=O)c2ccccc21. The van der Waals surface area contributed by atoms with Crippen molar-refractivity contribution in [2.24, 2.45) is 10.8 Å². The van der Waals surface area contributed by atoms with E-state index in [2.05, 4.69) is 65.8 Å². The van der Waals surface area contributed by atoms with E-state index >= 15 is 0 Å². The smallest absolute Gasteiger partial charge is 0.193 e. The zero-order valence-corrected chi connectivity index (χ0v) is 15.0. The maximum absolute atomic E-state index is 13.0. The lowest BCUT2D eigenvalue weighted by molar-refractivity contribution is 0.0809. The van der Waals surface area contributed by atoms with Crippen molar-refractivity contribution in [1.82, 2.24) is 0 Å². The number of fused-ring (bicyclic) bond motifs is 2. The summed E-state index contributed by atoms with van der Waals surface area (Å²) in [6.07, 6.45) is 0. The maximum Gasteiger partial charge on any atom is 0.193 e. The zero-order chi connectivity index (χ0) is 17.0. The lowest BCUT2D eigenvalue weighted by Crippen LogP contribution is -2.54. The van der Waals surface area contributed by atoms with Crippen molar-refractivity contribution in [3.8, 4) is 0 Å². The Morgan fingerprint density at radius 2 is 1.00 bits per heavy atom. The minimum absolute atomic E-state index is 0.0296. The van der Waals surface area contributed by atoms with Gasteiger partial charge in [0.2, 0.25) is 0 Å². The molecule has 2 aromatic rings. The van der Waals surface area contributed by atoms with Gasteiger partial charge in [-0.1, -0.05) is 90.1 Å². The Hall–Kier alpha value is -1.89. The fourth-order valence-electron chi connectivity index (χ4n) is 5.05. The average molecular weight is 306 g/mol. The molecule has 0 fully saturated rings. The largest absolute Gasteiger partial charge is 0.289 e. The molecule has 0 amide bonds. The van der Waals surface area contributed by atoms with Crippen LogP contribution in [0.3, 0.4) is 0 Å². The van der Waals surface area contributed by atoms with Gasteiger partial charge in [-0.05, 0) is 22.0 Å². The number of ketones is 1. The molecular weight excluding hydrogens is 280 g/mol. The number of carbonyl (C=O) groups excluding carboxylic acids is 1. The van der Waals surface area contributed by atoms with Crippen LogP contribution in [-0.2, 0) is 5.41 Å². The molecule has 0 atom stereocenters. The predicted molar refractivity (Wildman–Crippen MR) is 96.0 cm³/mol. The summed E-state index contributed by atoms with van der Waals surface area (Å²) >= 11 is 0. The Balaban J connectivity index is 2.55. The molecule has 2 aromatic carbocycles. The molecule has 0 saturated heterocycles. The van der Waals surface area contributed by atoms with Crippen molar-refractivity contribution < 1.29 is 4.79 Å². The van der Waals surface area contributed by atoms with Crippen LogP contribution in [0.1, 0.15) is 68.6 Å². The summed E-state index contributed by atoms with van der Waals surface area (Å²) in [7, 11) is 0. The van der Waals surface area contributed by atoms with Crippen molar-refractivity contribution in [1.29, 1.82) is 0 Å². The summed E-state index contributed by atoms with van der Waals surface area (Å²) in [5.74, 6) is 0.153. The van der Waals surface area contributed by atoms with Crippen LogP contribution in [0.15, 0.2) is 48.5 Å². The molecule has 0 heterocycles. The Kier molecular flexibility index (Phi) is 3.34. The van der Waals surface area contributed by atoms with Gasteiger partial charge in [0.25, 0.3) is 0 Å². The molecule has 0 spiro atoms. The molecule has 120 valence electrons. The lowest BCUT2D eigenvalue weighted by Gasteiger charge is -2.57. The van der Waals surface area contributed by atoms with Crippen LogP contribution in [0.5, 0.6) is 0 Å². The van der Waals surface area contributed by atoms with Crippen LogP contribution >= 0.6 is 0 Å². The molecule has 0 N–H and O–H groups in total. The van der Waals surface area contributed by atoms with E-state index in [0.717, 1.165) is 11.1 Å². The highest BCUT2D eigenvalue weighted by Gasteiger charge is 2.57. The second-order valence-electron chi connectivity index (χ2n) is 8.67. The lowest BCUT2D eigenvalue weighted by atomic mass is 9.45. The highest BCUT2D eigenvalue weighted by atomic mass is 16.1. The number of benzene rings is 2. The molecule has 1 aliphatic carbocycles. The van der Waals surface area contributed by atoms with Gasteiger partial charge in [0.1, 0.15) is 0 Å². The summed E-state index contributed by atoms with van der Waals surface area (Å²) < 4.78 is 0. The van der Waals surface area contributed by atoms with Crippen molar-refractivity contribution >= 4 is 5.78 Å². The van der Waals surface area contributed by atoms with Gasteiger partial charge in [-0.25, -0.2) is 0 Å². The predicted octanol–water partition coefficient (Wildman–Crippen LogP) is 5.61. The first kappa shape index (κ1) is 16.0. The molecule has 0 bridgehead atoms. The van der Waals surface area contributed by atoms with E-state index in [1.54, 1.807) is 0 Å². The minimum atomic E-state index is -0.221. The normalized spacial score (nSPS) is 16.7. The third kappa shape index (κ3) is 1.95. The van der Waals surface area contributed by atoms with E-state index in [0.29, 0.717) is 0 Å². The van der Waals surface area contributed by atoms with Gasteiger partial charge in [0, 0.05) is 16.5 Å². The first-order chi connectivity index (χ1) is 10.6. The number of hydrogen-bond donors (Lipinski definition) is 0. The van der Waals surface area contributed by atoms with Gasteiger partial charge >= 0.3 is 0 Å². The number of rotatable bonds is 0. The standard InChI is InChI=1S/C22H26O/c1-20(2,3)22(21(4,5)6)17-13-9-7-11-15(17)19(23)16-12-8-10-14-18(16)22/h7-14H,1-6H3. The molecule has 1 heteroatoms.